The molecule has 3 N–H and O–H groups in total. The summed E-state index contributed by atoms with van der Waals surface area (Å²) in [6.45, 7) is 4.45. The summed E-state index contributed by atoms with van der Waals surface area (Å²) in [5.41, 5.74) is 6.92. The van der Waals surface area contributed by atoms with E-state index in [1.807, 2.05) is 13.8 Å². The highest BCUT2D eigenvalue weighted by molar-refractivity contribution is 6.29. The first-order valence-electron chi connectivity index (χ1n) is 5.66. The van der Waals surface area contributed by atoms with Gasteiger partial charge in [-0.2, -0.15) is 0 Å². The van der Waals surface area contributed by atoms with Gasteiger partial charge in [-0.25, -0.2) is 4.98 Å². The van der Waals surface area contributed by atoms with Crippen molar-refractivity contribution in [3.8, 4) is 0 Å². The first-order valence-corrected chi connectivity index (χ1v) is 6.03. The number of anilines is 1. The molecule has 1 heterocycles. The summed E-state index contributed by atoms with van der Waals surface area (Å²) >= 11 is 5.74. The van der Waals surface area contributed by atoms with Crippen LogP contribution < -0.4 is 11.1 Å². The number of amides is 1. The van der Waals surface area contributed by atoms with Gasteiger partial charge >= 0.3 is 0 Å². The number of halogens is 1. The number of nitrogens with two attached hydrogens (primary N) is 1. The zero-order valence-electron chi connectivity index (χ0n) is 10.2. The van der Waals surface area contributed by atoms with E-state index in [2.05, 4.69) is 10.3 Å². The molecular formula is C12H18ClN3O. The fourth-order valence-electron chi connectivity index (χ4n) is 1.37. The van der Waals surface area contributed by atoms with Crippen LogP contribution in [0.25, 0.3) is 0 Å². The molecule has 0 aliphatic heterocycles. The van der Waals surface area contributed by atoms with E-state index in [0.717, 1.165) is 12.1 Å². The molecule has 94 valence electrons. The van der Waals surface area contributed by atoms with Crippen LogP contribution in [0.5, 0.6) is 0 Å². The van der Waals surface area contributed by atoms with Crippen molar-refractivity contribution in [1.82, 2.24) is 4.98 Å². The molecule has 17 heavy (non-hydrogen) atoms. The number of rotatable bonds is 5. The summed E-state index contributed by atoms with van der Waals surface area (Å²) in [4.78, 5) is 15.7. The van der Waals surface area contributed by atoms with Gasteiger partial charge in [-0.1, -0.05) is 18.5 Å². The average Bonchev–Trinajstić information content (AvgIpc) is 2.29. The fraction of sp³-hybridized carbons (Fsp3) is 0.500. The third kappa shape index (κ3) is 4.71. The van der Waals surface area contributed by atoms with Crippen molar-refractivity contribution in [1.29, 1.82) is 0 Å². The van der Waals surface area contributed by atoms with Crippen molar-refractivity contribution >= 4 is 23.2 Å². The maximum absolute atomic E-state index is 11.7. The molecule has 1 unspecified atom stereocenters. The van der Waals surface area contributed by atoms with E-state index in [-0.39, 0.29) is 5.91 Å². The zero-order chi connectivity index (χ0) is 12.8. The van der Waals surface area contributed by atoms with Gasteiger partial charge in [-0.3, -0.25) is 4.79 Å². The molecule has 1 atom stereocenters. The van der Waals surface area contributed by atoms with Crippen molar-refractivity contribution in [2.45, 2.75) is 26.7 Å². The van der Waals surface area contributed by atoms with Gasteiger partial charge in [-0.05, 0) is 37.9 Å². The lowest BCUT2D eigenvalue weighted by Gasteiger charge is -2.10. The summed E-state index contributed by atoms with van der Waals surface area (Å²) in [7, 11) is 0. The quantitative estimate of drug-likeness (QED) is 0.794. The molecule has 0 fully saturated rings. The molecule has 4 nitrogen and oxygen atoms in total. The Morgan fingerprint density at radius 3 is 2.88 bits per heavy atom. The van der Waals surface area contributed by atoms with Crippen molar-refractivity contribution in [2.24, 2.45) is 11.7 Å². The Balaban J connectivity index is 2.50. The Kier molecular flexibility index (Phi) is 5.38. The van der Waals surface area contributed by atoms with Gasteiger partial charge in [0.15, 0.2) is 0 Å². The predicted molar refractivity (Wildman–Crippen MR) is 70.1 cm³/mol. The van der Waals surface area contributed by atoms with E-state index < -0.39 is 0 Å². The van der Waals surface area contributed by atoms with E-state index in [1.54, 1.807) is 12.1 Å². The second-order valence-electron chi connectivity index (χ2n) is 4.19. The molecule has 1 aromatic heterocycles. The molecule has 0 bridgehead atoms. The summed E-state index contributed by atoms with van der Waals surface area (Å²) in [5.74, 6) is 0.350. The number of nitrogens with one attached hydrogen (secondary N) is 1. The van der Waals surface area contributed by atoms with E-state index in [0.29, 0.717) is 29.7 Å². The molecule has 1 amide bonds. The highest BCUT2D eigenvalue weighted by Crippen LogP contribution is 2.16. The highest BCUT2D eigenvalue weighted by atomic mass is 35.5. The van der Waals surface area contributed by atoms with E-state index in [9.17, 15) is 4.79 Å². The van der Waals surface area contributed by atoms with Crippen LogP contribution in [0.4, 0.5) is 5.69 Å². The molecule has 0 aromatic carbocycles. The van der Waals surface area contributed by atoms with Crippen LogP contribution in [-0.4, -0.2) is 17.4 Å². The van der Waals surface area contributed by atoms with Gasteiger partial charge in [0, 0.05) is 6.42 Å². The molecule has 0 spiro atoms. The van der Waals surface area contributed by atoms with Gasteiger partial charge in [0.25, 0.3) is 0 Å². The second-order valence-corrected chi connectivity index (χ2v) is 4.58. The number of carbonyl (C=O) groups is 1. The van der Waals surface area contributed by atoms with Crippen LogP contribution in [-0.2, 0) is 4.79 Å². The minimum Gasteiger partial charge on any atom is -0.330 e. The number of nitrogens with zero attached hydrogens (tertiary/aromatic N) is 1. The maximum atomic E-state index is 11.7. The standard InChI is InChI=1S/C12H18ClN3O/c1-8(7-14)3-6-12(17)16-10-4-5-11(13)15-9(10)2/h4-5,8H,3,6-7,14H2,1-2H3,(H,16,17). The Morgan fingerprint density at radius 1 is 1.59 bits per heavy atom. The molecule has 0 saturated heterocycles. The third-order valence-electron chi connectivity index (χ3n) is 2.59. The number of aryl methyl sites for hydroxylation is 1. The Bertz CT molecular complexity index is 395. The first-order chi connectivity index (χ1) is 8.02. The Morgan fingerprint density at radius 2 is 2.29 bits per heavy atom. The van der Waals surface area contributed by atoms with Crippen LogP contribution >= 0.6 is 11.6 Å². The molecule has 0 saturated carbocycles. The number of aromatic nitrogens is 1. The van der Waals surface area contributed by atoms with E-state index in [4.69, 9.17) is 17.3 Å². The van der Waals surface area contributed by atoms with Crippen molar-refractivity contribution in [3.63, 3.8) is 0 Å². The summed E-state index contributed by atoms with van der Waals surface area (Å²) in [5, 5.41) is 3.24. The van der Waals surface area contributed by atoms with Gasteiger partial charge in [0.1, 0.15) is 5.15 Å². The van der Waals surface area contributed by atoms with Crippen LogP contribution in [0.2, 0.25) is 5.15 Å². The van der Waals surface area contributed by atoms with Crippen LogP contribution in [0.15, 0.2) is 12.1 Å². The van der Waals surface area contributed by atoms with Crippen LogP contribution in [0.3, 0.4) is 0 Å². The summed E-state index contributed by atoms with van der Waals surface area (Å²) in [6.07, 6.45) is 1.27. The second kappa shape index (κ2) is 6.57. The lowest BCUT2D eigenvalue weighted by atomic mass is 10.1. The molecule has 1 aromatic rings. The van der Waals surface area contributed by atoms with Gasteiger partial charge in [-0.15, -0.1) is 0 Å². The Labute approximate surface area is 107 Å². The lowest BCUT2D eigenvalue weighted by molar-refractivity contribution is -0.116. The van der Waals surface area contributed by atoms with Crippen LogP contribution in [0, 0.1) is 12.8 Å². The lowest BCUT2D eigenvalue weighted by Crippen LogP contribution is -2.17. The number of carbonyl (C=O) groups excluding carboxylic acids is 1. The summed E-state index contributed by atoms with van der Waals surface area (Å²) in [6, 6.07) is 3.42. The van der Waals surface area contributed by atoms with E-state index in [1.165, 1.54) is 0 Å². The van der Waals surface area contributed by atoms with Gasteiger partial charge in [0.2, 0.25) is 5.91 Å². The average molecular weight is 256 g/mol. The Hall–Kier alpha value is -1.13. The van der Waals surface area contributed by atoms with E-state index >= 15 is 0 Å². The normalized spacial score (nSPS) is 12.2. The van der Waals surface area contributed by atoms with Gasteiger partial charge < -0.3 is 11.1 Å². The SMILES string of the molecule is Cc1nc(Cl)ccc1NC(=O)CCC(C)CN. The fourth-order valence-corrected chi connectivity index (χ4v) is 1.56. The molecular weight excluding hydrogens is 238 g/mol. The minimum absolute atomic E-state index is 0.0162. The first kappa shape index (κ1) is 13.9. The predicted octanol–water partition coefficient (Wildman–Crippen LogP) is 2.36. The third-order valence-corrected chi connectivity index (χ3v) is 2.80. The molecule has 1 rings (SSSR count). The van der Waals surface area contributed by atoms with Crippen molar-refractivity contribution < 1.29 is 4.79 Å². The number of hydrogen-bond acceptors (Lipinski definition) is 3. The van der Waals surface area contributed by atoms with Crippen molar-refractivity contribution in [2.75, 3.05) is 11.9 Å². The number of hydrogen-bond donors (Lipinski definition) is 2. The number of pyridine rings is 1. The maximum Gasteiger partial charge on any atom is 0.224 e. The minimum atomic E-state index is -0.0162. The van der Waals surface area contributed by atoms with Gasteiger partial charge in [0.05, 0.1) is 11.4 Å². The highest BCUT2D eigenvalue weighted by Gasteiger charge is 2.08. The smallest absolute Gasteiger partial charge is 0.224 e. The summed E-state index contributed by atoms with van der Waals surface area (Å²) < 4.78 is 0. The molecule has 5 heteroatoms. The molecule has 0 radical (unpaired) electrons. The van der Waals surface area contributed by atoms with Crippen LogP contribution in [0.1, 0.15) is 25.5 Å². The van der Waals surface area contributed by atoms with Crippen molar-refractivity contribution in [3.05, 3.63) is 23.0 Å². The zero-order valence-corrected chi connectivity index (χ0v) is 10.9. The molecule has 0 aliphatic carbocycles. The largest absolute Gasteiger partial charge is 0.330 e. The molecule has 0 aliphatic rings. The topological polar surface area (TPSA) is 68.0 Å². The monoisotopic (exact) mass is 255 g/mol.